The molecular weight excluding hydrogens is 224 g/mol. The Kier molecular flexibility index (Phi) is 2.84. The molecule has 1 aliphatic carbocycles. The maximum atomic E-state index is 14.2. The molecule has 4 heteroatoms. The van der Waals surface area contributed by atoms with E-state index < -0.39 is 17.2 Å². The molecule has 1 aromatic carbocycles. The van der Waals surface area contributed by atoms with Crippen LogP contribution in [0.4, 0.5) is 8.78 Å². The summed E-state index contributed by atoms with van der Waals surface area (Å²) in [6.45, 7) is 3.67. The van der Waals surface area contributed by atoms with Crippen molar-refractivity contribution < 1.29 is 13.6 Å². The molecule has 1 aliphatic rings. The van der Waals surface area contributed by atoms with Gasteiger partial charge in [0, 0.05) is 0 Å². The predicted octanol–water partition coefficient (Wildman–Crippen LogP) is 3.41. The van der Waals surface area contributed by atoms with Crippen LogP contribution in [0.3, 0.4) is 0 Å². The van der Waals surface area contributed by atoms with Crippen molar-refractivity contribution in [3.05, 3.63) is 34.9 Å². The molecular formula is C13H13F2NO. The van der Waals surface area contributed by atoms with E-state index in [4.69, 9.17) is 0 Å². The van der Waals surface area contributed by atoms with Gasteiger partial charge in [0.25, 0.3) is 0 Å². The molecule has 0 amide bonds. The molecule has 17 heavy (non-hydrogen) atoms. The van der Waals surface area contributed by atoms with Gasteiger partial charge in [-0.15, -0.1) is 0 Å². The summed E-state index contributed by atoms with van der Waals surface area (Å²) in [6, 6.07) is 2.69. The normalized spacial score (nSPS) is 16.8. The second-order valence-corrected chi connectivity index (χ2v) is 4.71. The monoisotopic (exact) mass is 237 g/mol. The Morgan fingerprint density at radius 3 is 2.47 bits per heavy atom. The summed E-state index contributed by atoms with van der Waals surface area (Å²) in [5, 5.41) is 0. The van der Waals surface area contributed by atoms with Gasteiger partial charge in [-0.3, -0.25) is 0 Å². The molecule has 0 unspecified atom stereocenters. The SMILES string of the molecule is CC(C)c1ccc(F)c(C2(N=C=O)CC2)c1F. The molecule has 0 saturated heterocycles. The van der Waals surface area contributed by atoms with Gasteiger partial charge in [0.05, 0.1) is 5.56 Å². The van der Waals surface area contributed by atoms with Crippen LogP contribution in [0.1, 0.15) is 43.7 Å². The second-order valence-electron chi connectivity index (χ2n) is 4.71. The number of hydrogen-bond donors (Lipinski definition) is 0. The third kappa shape index (κ3) is 1.89. The van der Waals surface area contributed by atoms with Crippen molar-refractivity contribution in [2.75, 3.05) is 0 Å². The Bertz CT molecular complexity index is 500. The molecule has 0 aliphatic heterocycles. The van der Waals surface area contributed by atoms with Gasteiger partial charge in [-0.25, -0.2) is 13.6 Å². The number of aliphatic imine (C=N–C) groups is 1. The topological polar surface area (TPSA) is 29.4 Å². The average Bonchev–Trinajstić information content (AvgIpc) is 2.98. The highest BCUT2D eigenvalue weighted by molar-refractivity contribution is 5.44. The molecule has 1 saturated carbocycles. The number of benzene rings is 1. The van der Waals surface area contributed by atoms with Crippen LogP contribution in [0.5, 0.6) is 0 Å². The maximum Gasteiger partial charge on any atom is 0.235 e. The minimum absolute atomic E-state index is 0.0367. The van der Waals surface area contributed by atoms with Crippen molar-refractivity contribution in [3.8, 4) is 0 Å². The fraction of sp³-hybridized carbons (Fsp3) is 0.462. The van der Waals surface area contributed by atoms with E-state index >= 15 is 0 Å². The van der Waals surface area contributed by atoms with E-state index in [0.29, 0.717) is 18.4 Å². The molecule has 0 bridgehead atoms. The van der Waals surface area contributed by atoms with Gasteiger partial charge in [0.2, 0.25) is 6.08 Å². The van der Waals surface area contributed by atoms with Crippen LogP contribution >= 0.6 is 0 Å². The number of halogens is 2. The van der Waals surface area contributed by atoms with Crippen molar-refractivity contribution in [2.24, 2.45) is 4.99 Å². The van der Waals surface area contributed by atoms with Crippen molar-refractivity contribution in [1.29, 1.82) is 0 Å². The molecule has 0 N–H and O–H groups in total. The van der Waals surface area contributed by atoms with Crippen LogP contribution in [0.15, 0.2) is 17.1 Å². The van der Waals surface area contributed by atoms with Crippen molar-refractivity contribution in [3.63, 3.8) is 0 Å². The molecule has 0 atom stereocenters. The number of nitrogens with zero attached hydrogens (tertiary/aromatic N) is 1. The standard InChI is InChI=1S/C13H13F2NO/c1-8(2)9-3-4-10(14)11(12(9)15)13(5-6-13)16-7-17/h3-4,8H,5-6H2,1-2H3. The first-order valence-corrected chi connectivity index (χ1v) is 5.59. The first-order chi connectivity index (χ1) is 8.02. The number of hydrogen-bond acceptors (Lipinski definition) is 2. The summed E-state index contributed by atoms with van der Waals surface area (Å²) in [5.74, 6) is -1.25. The van der Waals surface area contributed by atoms with E-state index in [0.717, 1.165) is 0 Å². The van der Waals surface area contributed by atoms with Gasteiger partial charge < -0.3 is 0 Å². The van der Waals surface area contributed by atoms with Gasteiger partial charge in [-0.1, -0.05) is 19.9 Å². The highest BCUT2D eigenvalue weighted by Gasteiger charge is 2.49. The second kappa shape index (κ2) is 4.04. The summed E-state index contributed by atoms with van der Waals surface area (Å²) in [4.78, 5) is 13.9. The summed E-state index contributed by atoms with van der Waals surface area (Å²) < 4.78 is 27.9. The quantitative estimate of drug-likeness (QED) is 0.585. The number of rotatable bonds is 3. The van der Waals surface area contributed by atoms with Crippen molar-refractivity contribution in [2.45, 2.75) is 38.1 Å². The summed E-state index contributed by atoms with van der Waals surface area (Å²) in [6.07, 6.45) is 2.41. The van der Waals surface area contributed by atoms with E-state index in [1.165, 1.54) is 18.2 Å². The molecule has 0 radical (unpaired) electrons. The molecule has 0 aromatic heterocycles. The number of carbonyl (C=O) groups excluding carboxylic acids is 1. The van der Waals surface area contributed by atoms with E-state index in [1.54, 1.807) is 0 Å². The Labute approximate surface area is 98.4 Å². The minimum Gasteiger partial charge on any atom is -0.211 e. The van der Waals surface area contributed by atoms with Gasteiger partial charge in [-0.05, 0) is 30.4 Å². The Morgan fingerprint density at radius 2 is 2.00 bits per heavy atom. The molecule has 2 nitrogen and oxygen atoms in total. The maximum absolute atomic E-state index is 14.2. The summed E-state index contributed by atoms with van der Waals surface area (Å²) in [7, 11) is 0. The lowest BCUT2D eigenvalue weighted by Gasteiger charge is -2.15. The van der Waals surface area contributed by atoms with E-state index in [-0.39, 0.29) is 11.5 Å². The zero-order valence-corrected chi connectivity index (χ0v) is 9.76. The fourth-order valence-electron chi connectivity index (χ4n) is 2.06. The molecule has 90 valence electrons. The lowest BCUT2D eigenvalue weighted by atomic mass is 9.95. The zero-order chi connectivity index (χ0) is 12.6. The molecule has 0 spiro atoms. The first-order valence-electron chi connectivity index (χ1n) is 5.59. The minimum atomic E-state index is -0.999. The average molecular weight is 237 g/mol. The van der Waals surface area contributed by atoms with Gasteiger partial charge in [0.15, 0.2) is 0 Å². The largest absolute Gasteiger partial charge is 0.235 e. The molecule has 1 aromatic rings. The third-order valence-electron chi connectivity index (χ3n) is 3.19. The van der Waals surface area contributed by atoms with Crippen molar-refractivity contribution in [1.82, 2.24) is 0 Å². The summed E-state index contributed by atoms with van der Waals surface area (Å²) >= 11 is 0. The Balaban J connectivity index is 2.61. The van der Waals surface area contributed by atoms with Crippen LogP contribution in [-0.2, 0) is 10.3 Å². The smallest absolute Gasteiger partial charge is 0.211 e. The van der Waals surface area contributed by atoms with Gasteiger partial charge in [-0.2, -0.15) is 4.99 Å². The highest BCUT2D eigenvalue weighted by Crippen LogP contribution is 2.51. The molecule has 1 fully saturated rings. The zero-order valence-electron chi connectivity index (χ0n) is 9.76. The highest BCUT2D eigenvalue weighted by atomic mass is 19.1. The predicted molar refractivity (Wildman–Crippen MR) is 59.5 cm³/mol. The van der Waals surface area contributed by atoms with Crippen LogP contribution in [0, 0.1) is 11.6 Å². The molecule has 2 rings (SSSR count). The van der Waals surface area contributed by atoms with E-state index in [1.807, 2.05) is 13.8 Å². The Hall–Kier alpha value is -1.54. The van der Waals surface area contributed by atoms with Crippen LogP contribution in [0.25, 0.3) is 0 Å². The Morgan fingerprint density at radius 1 is 1.35 bits per heavy atom. The lowest BCUT2D eigenvalue weighted by molar-refractivity contribution is 0.504. The third-order valence-corrected chi connectivity index (χ3v) is 3.19. The van der Waals surface area contributed by atoms with Crippen LogP contribution in [-0.4, -0.2) is 6.08 Å². The van der Waals surface area contributed by atoms with Gasteiger partial charge in [0.1, 0.15) is 17.2 Å². The number of isocyanates is 1. The molecule has 0 heterocycles. The van der Waals surface area contributed by atoms with Gasteiger partial charge >= 0.3 is 0 Å². The van der Waals surface area contributed by atoms with Crippen molar-refractivity contribution >= 4 is 6.08 Å². The lowest BCUT2D eigenvalue weighted by Crippen LogP contribution is -2.11. The first kappa shape index (κ1) is 11.9. The van der Waals surface area contributed by atoms with Crippen LogP contribution < -0.4 is 0 Å². The van der Waals surface area contributed by atoms with E-state index in [9.17, 15) is 13.6 Å². The van der Waals surface area contributed by atoms with E-state index in [2.05, 4.69) is 4.99 Å². The summed E-state index contributed by atoms with van der Waals surface area (Å²) in [5.41, 5.74) is -0.623. The fourth-order valence-corrected chi connectivity index (χ4v) is 2.06. The van der Waals surface area contributed by atoms with Crippen LogP contribution in [0.2, 0.25) is 0 Å².